The van der Waals surface area contributed by atoms with Crippen molar-refractivity contribution in [3.8, 4) is 0 Å². The summed E-state index contributed by atoms with van der Waals surface area (Å²) in [6, 6.07) is 0. The molecule has 2 N–H and O–H groups in total. The van der Waals surface area contributed by atoms with Crippen LogP contribution in [0.5, 0.6) is 0 Å². The monoisotopic (exact) mass is 311 g/mol. The van der Waals surface area contributed by atoms with E-state index in [1.165, 1.54) is 57.8 Å². The molecule has 1 rings (SSSR count). The fraction of sp³-hybridized carbons (Fsp3) is 0.947. The third-order valence-electron chi connectivity index (χ3n) is 4.80. The zero-order chi connectivity index (χ0) is 16.0. The van der Waals surface area contributed by atoms with Gasteiger partial charge in [0.1, 0.15) is 0 Å². The molecule has 1 aliphatic carbocycles. The van der Waals surface area contributed by atoms with Gasteiger partial charge in [-0.05, 0) is 25.7 Å². The van der Waals surface area contributed by atoms with E-state index in [0.29, 0.717) is 0 Å². The summed E-state index contributed by atoms with van der Waals surface area (Å²) < 4.78 is 5.40. The summed E-state index contributed by atoms with van der Waals surface area (Å²) in [5.41, 5.74) is 5.93. The van der Waals surface area contributed by atoms with Gasteiger partial charge >= 0.3 is 5.97 Å². The molecule has 0 heterocycles. The molecule has 1 aliphatic rings. The zero-order valence-electron chi connectivity index (χ0n) is 14.7. The van der Waals surface area contributed by atoms with Crippen molar-refractivity contribution in [1.29, 1.82) is 0 Å². The second kappa shape index (κ2) is 12.9. The molecule has 130 valence electrons. The van der Waals surface area contributed by atoms with Crippen LogP contribution in [-0.4, -0.2) is 12.2 Å². The fourth-order valence-electron chi connectivity index (χ4n) is 3.30. The van der Waals surface area contributed by atoms with Crippen molar-refractivity contribution in [3.05, 3.63) is 0 Å². The quantitative estimate of drug-likeness (QED) is 0.301. The van der Waals surface area contributed by atoms with Gasteiger partial charge < -0.3 is 4.74 Å². The van der Waals surface area contributed by atoms with Gasteiger partial charge in [-0.1, -0.05) is 77.6 Å². The van der Waals surface area contributed by atoms with Gasteiger partial charge in [0.05, 0.1) is 5.92 Å². The van der Waals surface area contributed by atoms with Gasteiger partial charge in [-0.15, -0.1) is 0 Å². The highest BCUT2D eigenvalue weighted by atomic mass is 16.6. The second-order valence-corrected chi connectivity index (χ2v) is 6.93. The van der Waals surface area contributed by atoms with Gasteiger partial charge in [0.2, 0.25) is 0 Å². The average molecular weight is 312 g/mol. The molecule has 0 bridgehead atoms. The third-order valence-corrected chi connectivity index (χ3v) is 4.80. The normalized spacial score (nSPS) is 17.4. The first-order chi connectivity index (χ1) is 10.7. The van der Waals surface area contributed by atoms with Crippen LogP contribution >= 0.6 is 0 Å². The zero-order valence-corrected chi connectivity index (χ0v) is 14.7. The lowest BCUT2D eigenvalue weighted by molar-refractivity contribution is -0.155. The molecule has 0 aromatic heterocycles. The molecule has 3 nitrogen and oxygen atoms in total. The maximum absolute atomic E-state index is 12.0. The van der Waals surface area contributed by atoms with Crippen molar-refractivity contribution >= 4 is 5.97 Å². The lowest BCUT2D eigenvalue weighted by Crippen LogP contribution is -2.31. The Morgan fingerprint density at radius 1 is 0.955 bits per heavy atom. The highest BCUT2D eigenvalue weighted by Crippen LogP contribution is 2.25. The summed E-state index contributed by atoms with van der Waals surface area (Å²) in [6.07, 6.45) is 17.7. The van der Waals surface area contributed by atoms with E-state index in [9.17, 15) is 4.79 Å². The van der Waals surface area contributed by atoms with Crippen LogP contribution in [0.25, 0.3) is 0 Å². The van der Waals surface area contributed by atoms with Crippen LogP contribution in [0, 0.1) is 5.92 Å². The molecular formula is C19H37NO2. The number of nitrogens with two attached hydrogens (primary N) is 1. The number of esters is 1. The summed E-state index contributed by atoms with van der Waals surface area (Å²) >= 11 is 0. The molecule has 1 unspecified atom stereocenters. The van der Waals surface area contributed by atoms with Gasteiger partial charge in [0, 0.05) is 0 Å². The van der Waals surface area contributed by atoms with Gasteiger partial charge in [-0.3, -0.25) is 10.5 Å². The maximum Gasteiger partial charge on any atom is 0.310 e. The van der Waals surface area contributed by atoms with Crippen molar-refractivity contribution in [2.75, 3.05) is 0 Å². The van der Waals surface area contributed by atoms with Crippen LogP contribution in [0.3, 0.4) is 0 Å². The minimum Gasteiger partial charge on any atom is -0.447 e. The molecule has 0 saturated heterocycles. The third kappa shape index (κ3) is 9.45. The molecular weight excluding hydrogens is 274 g/mol. The van der Waals surface area contributed by atoms with Crippen molar-refractivity contribution in [1.82, 2.24) is 0 Å². The van der Waals surface area contributed by atoms with Gasteiger partial charge in [-0.25, -0.2) is 0 Å². The number of carbonyl (C=O) groups is 1. The maximum atomic E-state index is 12.0. The first kappa shape index (κ1) is 19.5. The Hall–Kier alpha value is -0.570. The fourth-order valence-corrected chi connectivity index (χ4v) is 3.30. The van der Waals surface area contributed by atoms with E-state index in [1.807, 2.05) is 0 Å². The SMILES string of the molecule is CCCCCCCCCCCC(N)OC(=O)C1CCCCC1. The molecule has 1 atom stereocenters. The number of carbonyl (C=O) groups excluding carboxylic acids is 1. The lowest BCUT2D eigenvalue weighted by Gasteiger charge is -2.22. The molecule has 22 heavy (non-hydrogen) atoms. The Kier molecular flexibility index (Phi) is 11.4. The topological polar surface area (TPSA) is 52.3 Å². The summed E-state index contributed by atoms with van der Waals surface area (Å²) in [5, 5.41) is 0. The van der Waals surface area contributed by atoms with E-state index in [0.717, 1.165) is 38.5 Å². The van der Waals surface area contributed by atoms with E-state index in [1.54, 1.807) is 0 Å². The van der Waals surface area contributed by atoms with Gasteiger partial charge in [0.15, 0.2) is 6.23 Å². The lowest BCUT2D eigenvalue weighted by atomic mass is 9.89. The van der Waals surface area contributed by atoms with E-state index < -0.39 is 0 Å². The Morgan fingerprint density at radius 2 is 1.50 bits per heavy atom. The first-order valence-corrected chi connectivity index (χ1v) is 9.70. The van der Waals surface area contributed by atoms with Crippen molar-refractivity contribution in [3.63, 3.8) is 0 Å². The minimum absolute atomic E-state index is 0.0527. The molecule has 0 spiro atoms. The molecule has 0 amide bonds. The van der Waals surface area contributed by atoms with Crippen molar-refractivity contribution in [2.24, 2.45) is 11.7 Å². The molecule has 1 saturated carbocycles. The van der Waals surface area contributed by atoms with E-state index in [-0.39, 0.29) is 18.1 Å². The number of hydrogen-bond donors (Lipinski definition) is 1. The van der Waals surface area contributed by atoms with Crippen LogP contribution in [-0.2, 0) is 9.53 Å². The number of ether oxygens (including phenoxy) is 1. The molecule has 3 heteroatoms. The summed E-state index contributed by atoms with van der Waals surface area (Å²) in [6.45, 7) is 2.25. The van der Waals surface area contributed by atoms with Crippen molar-refractivity contribution < 1.29 is 9.53 Å². The van der Waals surface area contributed by atoms with Crippen LogP contribution < -0.4 is 5.73 Å². The minimum atomic E-state index is -0.390. The summed E-state index contributed by atoms with van der Waals surface area (Å²) in [4.78, 5) is 12.0. The highest BCUT2D eigenvalue weighted by Gasteiger charge is 2.23. The molecule has 0 aromatic rings. The summed E-state index contributed by atoms with van der Waals surface area (Å²) in [5.74, 6) is 0.0612. The number of hydrogen-bond acceptors (Lipinski definition) is 3. The second-order valence-electron chi connectivity index (χ2n) is 6.93. The standard InChI is InChI=1S/C19H37NO2/c1-2-3-4-5-6-7-8-9-13-16-18(20)22-19(21)17-14-11-10-12-15-17/h17-18H,2-16,20H2,1H3. The highest BCUT2D eigenvalue weighted by molar-refractivity contribution is 5.72. The summed E-state index contributed by atoms with van der Waals surface area (Å²) in [7, 11) is 0. The Balaban J connectivity index is 1.92. The van der Waals surface area contributed by atoms with Crippen LogP contribution in [0.2, 0.25) is 0 Å². The first-order valence-electron chi connectivity index (χ1n) is 9.70. The van der Waals surface area contributed by atoms with Gasteiger partial charge in [0.25, 0.3) is 0 Å². The molecule has 0 radical (unpaired) electrons. The largest absolute Gasteiger partial charge is 0.447 e. The van der Waals surface area contributed by atoms with Crippen LogP contribution in [0.4, 0.5) is 0 Å². The Morgan fingerprint density at radius 3 is 2.09 bits per heavy atom. The Bertz CT molecular complexity index is 275. The average Bonchev–Trinajstić information content (AvgIpc) is 2.54. The van der Waals surface area contributed by atoms with E-state index in [4.69, 9.17) is 10.5 Å². The van der Waals surface area contributed by atoms with E-state index in [2.05, 4.69) is 6.92 Å². The smallest absolute Gasteiger partial charge is 0.310 e. The van der Waals surface area contributed by atoms with E-state index >= 15 is 0 Å². The predicted molar refractivity (Wildman–Crippen MR) is 92.5 cm³/mol. The van der Waals surface area contributed by atoms with Crippen LogP contribution in [0.1, 0.15) is 103 Å². The van der Waals surface area contributed by atoms with Gasteiger partial charge in [-0.2, -0.15) is 0 Å². The number of rotatable bonds is 12. The molecule has 1 fully saturated rings. The molecule has 0 aliphatic heterocycles. The molecule has 0 aromatic carbocycles. The predicted octanol–water partition coefficient (Wildman–Crippen LogP) is 5.32. The Labute approximate surface area is 137 Å². The van der Waals surface area contributed by atoms with Crippen molar-refractivity contribution in [2.45, 2.75) is 109 Å². The number of unbranched alkanes of at least 4 members (excludes halogenated alkanes) is 8. The van der Waals surface area contributed by atoms with Crippen LogP contribution in [0.15, 0.2) is 0 Å².